The van der Waals surface area contributed by atoms with Crippen molar-refractivity contribution in [2.45, 2.75) is 12.6 Å². The Bertz CT molecular complexity index is 1630. The highest BCUT2D eigenvalue weighted by molar-refractivity contribution is 5.91. The molecule has 192 valence electrons. The summed E-state index contributed by atoms with van der Waals surface area (Å²) in [5.74, 6) is -0.935. The normalized spacial score (nSPS) is 11.5. The number of pyridine rings is 3. The van der Waals surface area contributed by atoms with Crippen LogP contribution in [0.3, 0.4) is 0 Å². The van der Waals surface area contributed by atoms with Crippen LogP contribution in [-0.2, 0) is 17.4 Å². The fourth-order valence-electron chi connectivity index (χ4n) is 3.93. The molecule has 5 rings (SSSR count). The number of methoxy groups -OCH3 is 1. The maximum Gasteiger partial charge on any atom is 0.416 e. The number of hydrogen-bond acceptors (Lipinski definition) is 5. The summed E-state index contributed by atoms with van der Waals surface area (Å²) >= 11 is 0. The number of nitrogens with zero attached hydrogens (tertiary/aromatic N) is 3. The smallest absolute Gasteiger partial charge is 0.416 e. The first-order valence-electron chi connectivity index (χ1n) is 11.3. The summed E-state index contributed by atoms with van der Waals surface area (Å²) in [4.78, 5) is 27.9. The van der Waals surface area contributed by atoms with E-state index in [-0.39, 0.29) is 17.8 Å². The van der Waals surface area contributed by atoms with E-state index >= 15 is 4.39 Å². The van der Waals surface area contributed by atoms with E-state index in [4.69, 9.17) is 4.74 Å². The molecule has 0 aliphatic rings. The summed E-state index contributed by atoms with van der Waals surface area (Å²) in [6.45, 7) is 0. The lowest BCUT2D eigenvalue weighted by atomic mass is 10.0. The van der Waals surface area contributed by atoms with Crippen molar-refractivity contribution in [3.8, 4) is 28.3 Å². The Morgan fingerprint density at radius 3 is 2.50 bits per heavy atom. The quantitative estimate of drug-likeness (QED) is 0.266. The van der Waals surface area contributed by atoms with E-state index in [0.29, 0.717) is 22.7 Å². The van der Waals surface area contributed by atoms with Crippen LogP contribution >= 0.6 is 0 Å². The summed E-state index contributed by atoms with van der Waals surface area (Å²) in [5.41, 5.74) is 2.49. The number of aromatic nitrogens is 4. The SMILES string of the molecule is COc1ccc(-c2cc3cc(-c4ccc(CC(=O)Nc5cc(C(F)(F)F)ccn5)cc4F)cnc3[nH]2)cn1. The molecule has 1 amide bonds. The zero-order valence-corrected chi connectivity index (χ0v) is 19.8. The Hall–Kier alpha value is -4.80. The molecular formula is C27H19F4N5O2. The van der Waals surface area contributed by atoms with Crippen LogP contribution in [0.5, 0.6) is 5.88 Å². The maximum absolute atomic E-state index is 15.0. The lowest BCUT2D eigenvalue weighted by molar-refractivity contribution is -0.137. The van der Waals surface area contributed by atoms with Crippen molar-refractivity contribution in [3.05, 3.63) is 90.1 Å². The molecule has 38 heavy (non-hydrogen) atoms. The molecule has 7 nitrogen and oxygen atoms in total. The summed E-state index contributed by atoms with van der Waals surface area (Å²) in [7, 11) is 1.54. The highest BCUT2D eigenvalue weighted by Crippen LogP contribution is 2.31. The van der Waals surface area contributed by atoms with E-state index in [1.165, 1.54) is 19.2 Å². The molecule has 0 aliphatic carbocycles. The van der Waals surface area contributed by atoms with Crippen molar-refractivity contribution in [2.24, 2.45) is 0 Å². The third kappa shape index (κ3) is 5.31. The van der Waals surface area contributed by atoms with Gasteiger partial charge in [0.2, 0.25) is 11.8 Å². The van der Waals surface area contributed by atoms with Gasteiger partial charge in [-0.25, -0.2) is 19.3 Å². The number of benzene rings is 1. The minimum atomic E-state index is -4.56. The predicted octanol–water partition coefficient (Wildman–Crippen LogP) is 6.03. The molecule has 4 heterocycles. The Morgan fingerprint density at radius 1 is 0.974 bits per heavy atom. The lowest BCUT2D eigenvalue weighted by Gasteiger charge is -2.10. The first kappa shape index (κ1) is 24.9. The fourth-order valence-corrected chi connectivity index (χ4v) is 3.93. The molecule has 1 aromatic carbocycles. The highest BCUT2D eigenvalue weighted by Gasteiger charge is 2.30. The minimum Gasteiger partial charge on any atom is -0.481 e. The molecule has 0 aliphatic heterocycles. The van der Waals surface area contributed by atoms with Gasteiger partial charge in [-0.15, -0.1) is 0 Å². The van der Waals surface area contributed by atoms with Crippen molar-refractivity contribution in [2.75, 3.05) is 12.4 Å². The predicted molar refractivity (Wildman–Crippen MR) is 133 cm³/mol. The average molecular weight is 521 g/mol. The number of fused-ring (bicyclic) bond motifs is 1. The van der Waals surface area contributed by atoms with Gasteiger partial charge in [-0.3, -0.25) is 4.79 Å². The van der Waals surface area contributed by atoms with Crippen molar-refractivity contribution >= 4 is 22.8 Å². The molecule has 0 fully saturated rings. The van der Waals surface area contributed by atoms with Crippen molar-refractivity contribution < 1.29 is 27.1 Å². The molecule has 4 aromatic heterocycles. The summed E-state index contributed by atoms with van der Waals surface area (Å²) in [5, 5.41) is 3.08. The van der Waals surface area contributed by atoms with E-state index in [9.17, 15) is 18.0 Å². The average Bonchev–Trinajstić information content (AvgIpc) is 3.32. The third-order valence-electron chi connectivity index (χ3n) is 5.79. The number of nitrogens with one attached hydrogen (secondary N) is 2. The van der Waals surface area contributed by atoms with Gasteiger partial charge in [0.05, 0.1) is 19.1 Å². The van der Waals surface area contributed by atoms with Gasteiger partial charge in [-0.2, -0.15) is 13.2 Å². The number of carbonyl (C=O) groups is 1. The molecule has 0 unspecified atom stereocenters. The van der Waals surface area contributed by atoms with Crippen LogP contribution in [0, 0.1) is 5.82 Å². The van der Waals surface area contributed by atoms with E-state index < -0.39 is 23.5 Å². The summed E-state index contributed by atoms with van der Waals surface area (Å²) in [6.07, 6.45) is -0.641. The van der Waals surface area contributed by atoms with Crippen LogP contribution in [-0.4, -0.2) is 33.0 Å². The zero-order valence-electron chi connectivity index (χ0n) is 19.8. The molecule has 5 aromatic rings. The van der Waals surface area contributed by atoms with E-state index in [2.05, 4.69) is 25.3 Å². The lowest BCUT2D eigenvalue weighted by Crippen LogP contribution is -2.16. The van der Waals surface area contributed by atoms with Crippen LogP contribution in [0.4, 0.5) is 23.4 Å². The molecule has 0 radical (unpaired) electrons. The number of rotatable bonds is 6. The van der Waals surface area contributed by atoms with Gasteiger partial charge in [0.25, 0.3) is 0 Å². The molecule has 0 saturated heterocycles. The number of aromatic amines is 1. The Morgan fingerprint density at radius 2 is 1.79 bits per heavy atom. The Kier molecular flexibility index (Phi) is 6.50. The fraction of sp³-hybridized carbons (Fsp3) is 0.111. The van der Waals surface area contributed by atoms with Gasteiger partial charge >= 0.3 is 6.18 Å². The number of carbonyl (C=O) groups excluding carboxylic acids is 1. The second-order valence-electron chi connectivity index (χ2n) is 8.40. The van der Waals surface area contributed by atoms with Crippen LogP contribution in [0.25, 0.3) is 33.4 Å². The summed E-state index contributed by atoms with van der Waals surface area (Å²) < 4.78 is 58.7. The molecule has 0 atom stereocenters. The standard InChI is InChI=1S/C27H19F4N5O2/c1-38-25-5-3-16(13-33-25)22-11-17-10-18(14-34-26(17)35-22)20-4-2-15(8-21(20)28)9-24(37)36-23-12-19(6-7-32-23)27(29,30)31/h2-8,10-14H,9H2,1H3,(H,34,35)(H,32,36,37). The van der Waals surface area contributed by atoms with Crippen LogP contribution in [0.2, 0.25) is 0 Å². The van der Waals surface area contributed by atoms with Crippen molar-refractivity contribution in [1.29, 1.82) is 0 Å². The van der Waals surface area contributed by atoms with Gasteiger partial charge < -0.3 is 15.0 Å². The largest absolute Gasteiger partial charge is 0.481 e. The molecule has 0 saturated carbocycles. The number of anilines is 1. The molecule has 11 heteroatoms. The van der Waals surface area contributed by atoms with E-state index in [1.54, 1.807) is 30.6 Å². The van der Waals surface area contributed by atoms with Gasteiger partial charge in [0, 0.05) is 52.4 Å². The number of halogens is 4. The first-order valence-corrected chi connectivity index (χ1v) is 11.3. The van der Waals surface area contributed by atoms with Gasteiger partial charge in [0.15, 0.2) is 0 Å². The van der Waals surface area contributed by atoms with E-state index in [1.807, 2.05) is 12.1 Å². The number of amides is 1. The minimum absolute atomic E-state index is 0.238. The molecule has 0 spiro atoms. The zero-order chi connectivity index (χ0) is 26.9. The van der Waals surface area contributed by atoms with Gasteiger partial charge in [-0.05, 0) is 42.0 Å². The third-order valence-corrected chi connectivity index (χ3v) is 5.79. The molecule has 2 N–H and O–H groups in total. The highest BCUT2D eigenvalue weighted by atomic mass is 19.4. The second kappa shape index (κ2) is 9.92. The molecular weight excluding hydrogens is 502 g/mol. The maximum atomic E-state index is 15.0. The number of alkyl halides is 3. The van der Waals surface area contributed by atoms with Crippen LogP contribution < -0.4 is 10.1 Å². The number of H-pyrrole nitrogens is 1. The van der Waals surface area contributed by atoms with Crippen LogP contribution in [0.15, 0.2) is 73.2 Å². The first-order chi connectivity index (χ1) is 18.2. The van der Waals surface area contributed by atoms with E-state index in [0.717, 1.165) is 35.0 Å². The van der Waals surface area contributed by atoms with Crippen molar-refractivity contribution in [1.82, 2.24) is 19.9 Å². The topological polar surface area (TPSA) is 92.8 Å². The summed E-state index contributed by atoms with van der Waals surface area (Å²) in [6, 6.07) is 13.1. The number of ether oxygens (including phenoxy) is 1. The number of hydrogen-bond donors (Lipinski definition) is 2. The molecule has 0 bridgehead atoms. The monoisotopic (exact) mass is 521 g/mol. The van der Waals surface area contributed by atoms with Crippen LogP contribution in [0.1, 0.15) is 11.1 Å². The Balaban J connectivity index is 1.32. The van der Waals surface area contributed by atoms with Gasteiger partial charge in [-0.1, -0.05) is 12.1 Å². The Labute approximate surface area is 213 Å². The second-order valence-corrected chi connectivity index (χ2v) is 8.40. The van der Waals surface area contributed by atoms with Gasteiger partial charge in [0.1, 0.15) is 17.3 Å². The van der Waals surface area contributed by atoms with Crippen molar-refractivity contribution in [3.63, 3.8) is 0 Å².